The van der Waals surface area contributed by atoms with E-state index in [1.165, 1.54) is 12.0 Å². The van der Waals surface area contributed by atoms with E-state index in [0.29, 0.717) is 29.6 Å². The van der Waals surface area contributed by atoms with Gasteiger partial charge in [-0.05, 0) is 48.4 Å². The Kier molecular flexibility index (Phi) is 8.21. The van der Waals surface area contributed by atoms with Crippen LogP contribution in [-0.2, 0) is 27.3 Å². The summed E-state index contributed by atoms with van der Waals surface area (Å²) < 4.78 is 15.2. The number of aryl methyl sites for hydroxylation is 1. The van der Waals surface area contributed by atoms with E-state index in [0.717, 1.165) is 16.9 Å². The maximum Gasteiger partial charge on any atom is 0.325 e. The summed E-state index contributed by atoms with van der Waals surface area (Å²) in [5.41, 5.74) is 1.68. The number of aromatic nitrogens is 2. The van der Waals surface area contributed by atoms with Gasteiger partial charge in [-0.3, -0.25) is 9.59 Å². The predicted octanol–water partition coefficient (Wildman–Crippen LogP) is 3.92. The highest BCUT2D eigenvalue weighted by molar-refractivity contribution is 6.30. The molecule has 3 rings (SSSR count). The summed E-state index contributed by atoms with van der Waals surface area (Å²) in [6, 6.07) is 14.5. The highest BCUT2D eigenvalue weighted by atomic mass is 35.5. The van der Waals surface area contributed by atoms with Crippen LogP contribution in [-0.4, -0.2) is 47.7 Å². The van der Waals surface area contributed by atoms with Crippen molar-refractivity contribution < 1.29 is 23.6 Å². The fourth-order valence-corrected chi connectivity index (χ4v) is 3.15. The first-order valence-electron chi connectivity index (χ1n) is 10.0. The predicted molar refractivity (Wildman–Crippen MR) is 118 cm³/mol. The number of nitrogens with zero attached hydrogens (tertiary/aromatic N) is 3. The number of ether oxygens (including phenoxy) is 2. The number of esters is 1. The molecule has 32 heavy (non-hydrogen) atoms. The molecule has 0 bridgehead atoms. The lowest BCUT2D eigenvalue weighted by Crippen LogP contribution is -2.35. The van der Waals surface area contributed by atoms with Crippen LogP contribution >= 0.6 is 11.6 Å². The van der Waals surface area contributed by atoms with E-state index < -0.39 is 5.97 Å². The van der Waals surface area contributed by atoms with Crippen LogP contribution in [0, 0.1) is 0 Å². The van der Waals surface area contributed by atoms with E-state index in [4.69, 9.17) is 25.6 Å². The van der Waals surface area contributed by atoms with E-state index in [2.05, 4.69) is 10.1 Å². The normalized spacial score (nSPS) is 10.6. The molecule has 0 N–H and O–H groups in total. The van der Waals surface area contributed by atoms with Gasteiger partial charge in [-0.15, -0.1) is 0 Å². The number of carbonyl (C=O) groups excluding carboxylic acids is 2. The highest BCUT2D eigenvalue weighted by Gasteiger charge is 2.18. The second-order valence-corrected chi connectivity index (χ2v) is 7.48. The Balaban J connectivity index is 1.56. The molecular weight excluding hydrogens is 434 g/mol. The van der Waals surface area contributed by atoms with E-state index >= 15 is 0 Å². The number of amides is 1. The summed E-state index contributed by atoms with van der Waals surface area (Å²) in [7, 11) is 2.90. The highest BCUT2D eigenvalue weighted by Crippen LogP contribution is 2.20. The second kappa shape index (κ2) is 11.3. The molecule has 0 spiro atoms. The average molecular weight is 458 g/mol. The van der Waals surface area contributed by atoms with Gasteiger partial charge < -0.3 is 18.9 Å². The van der Waals surface area contributed by atoms with Crippen molar-refractivity contribution in [3.05, 3.63) is 65.0 Å². The topological polar surface area (TPSA) is 94.8 Å². The summed E-state index contributed by atoms with van der Waals surface area (Å²) in [6.07, 6.45) is 1.17. The summed E-state index contributed by atoms with van der Waals surface area (Å²) in [5, 5.41) is 4.60. The minimum atomic E-state index is -0.478. The number of methoxy groups -OCH3 is 2. The molecule has 0 unspecified atom stereocenters. The van der Waals surface area contributed by atoms with Gasteiger partial charge >= 0.3 is 5.97 Å². The Bertz CT molecular complexity index is 1030. The van der Waals surface area contributed by atoms with Crippen LogP contribution in [0.25, 0.3) is 11.4 Å². The van der Waals surface area contributed by atoms with Crippen LogP contribution in [0.2, 0.25) is 5.02 Å². The molecule has 168 valence electrons. The van der Waals surface area contributed by atoms with Crippen LogP contribution < -0.4 is 4.74 Å². The third kappa shape index (κ3) is 6.55. The number of rotatable bonds is 10. The van der Waals surface area contributed by atoms with Crippen LogP contribution in [0.1, 0.15) is 24.3 Å². The molecule has 8 nitrogen and oxygen atoms in total. The Hall–Kier alpha value is -3.39. The Morgan fingerprint density at radius 2 is 1.78 bits per heavy atom. The number of hydrogen-bond acceptors (Lipinski definition) is 7. The Morgan fingerprint density at radius 3 is 2.44 bits per heavy atom. The van der Waals surface area contributed by atoms with Gasteiger partial charge in [-0.25, -0.2) is 0 Å². The number of halogens is 1. The van der Waals surface area contributed by atoms with Crippen LogP contribution in [0.4, 0.5) is 0 Å². The zero-order valence-electron chi connectivity index (χ0n) is 17.9. The molecule has 0 radical (unpaired) electrons. The van der Waals surface area contributed by atoms with Gasteiger partial charge in [-0.2, -0.15) is 4.98 Å². The van der Waals surface area contributed by atoms with E-state index in [1.54, 1.807) is 19.2 Å². The quantitative estimate of drug-likeness (QED) is 0.426. The summed E-state index contributed by atoms with van der Waals surface area (Å²) >= 11 is 5.92. The Labute approximate surface area is 191 Å². The van der Waals surface area contributed by atoms with Crippen molar-refractivity contribution in [2.75, 3.05) is 20.8 Å². The SMILES string of the molecule is COC(=O)CN(Cc1ccc(Cl)cc1)C(=O)CCCc1nc(-c2ccc(OC)cc2)no1. The molecule has 0 saturated carbocycles. The van der Waals surface area contributed by atoms with Crippen LogP contribution in [0.3, 0.4) is 0 Å². The first kappa shape index (κ1) is 23.3. The van der Waals surface area contributed by atoms with Gasteiger partial charge in [0.1, 0.15) is 12.3 Å². The van der Waals surface area contributed by atoms with Crippen LogP contribution in [0.15, 0.2) is 53.1 Å². The van der Waals surface area contributed by atoms with Gasteiger partial charge in [0.15, 0.2) is 0 Å². The maximum absolute atomic E-state index is 12.8. The molecular formula is C23H24ClN3O5. The third-order valence-electron chi connectivity index (χ3n) is 4.78. The molecule has 1 heterocycles. The minimum absolute atomic E-state index is 0.125. The maximum atomic E-state index is 12.8. The number of benzene rings is 2. The molecule has 0 atom stereocenters. The van der Waals surface area contributed by atoms with E-state index in [9.17, 15) is 9.59 Å². The van der Waals surface area contributed by atoms with Crippen molar-refractivity contribution in [2.45, 2.75) is 25.8 Å². The summed E-state index contributed by atoms with van der Waals surface area (Å²) in [6.45, 7) is 0.160. The molecule has 1 aromatic heterocycles. The van der Waals surface area contributed by atoms with Crippen molar-refractivity contribution in [3.8, 4) is 17.1 Å². The molecule has 1 amide bonds. The summed E-state index contributed by atoms with van der Waals surface area (Å²) in [4.78, 5) is 30.4. The van der Waals surface area contributed by atoms with Gasteiger partial charge in [0.05, 0.1) is 14.2 Å². The smallest absolute Gasteiger partial charge is 0.325 e. The van der Waals surface area contributed by atoms with Gasteiger partial charge in [-0.1, -0.05) is 28.9 Å². The fraction of sp³-hybridized carbons (Fsp3) is 0.304. The van der Waals surface area contributed by atoms with Crippen molar-refractivity contribution in [1.29, 1.82) is 0 Å². The molecule has 0 fully saturated rings. The van der Waals surface area contributed by atoms with E-state index in [1.807, 2.05) is 36.4 Å². The standard InChI is InChI=1S/C23H24ClN3O5/c1-30-19-12-8-17(9-13-19)23-25-20(32-26-23)4-3-5-21(28)27(15-22(29)31-2)14-16-6-10-18(24)11-7-16/h6-13H,3-5,14-15H2,1-2H3. The lowest BCUT2D eigenvalue weighted by Gasteiger charge is -2.21. The van der Waals surface area contributed by atoms with Crippen molar-refractivity contribution in [1.82, 2.24) is 15.0 Å². The monoisotopic (exact) mass is 457 g/mol. The Morgan fingerprint density at radius 1 is 1.06 bits per heavy atom. The van der Waals surface area contributed by atoms with Gasteiger partial charge in [0.2, 0.25) is 17.6 Å². The van der Waals surface area contributed by atoms with Gasteiger partial charge in [0.25, 0.3) is 0 Å². The second-order valence-electron chi connectivity index (χ2n) is 7.05. The van der Waals surface area contributed by atoms with Crippen molar-refractivity contribution in [3.63, 3.8) is 0 Å². The first-order chi connectivity index (χ1) is 15.5. The molecule has 0 saturated heterocycles. The summed E-state index contributed by atoms with van der Waals surface area (Å²) in [5.74, 6) is 1.02. The lowest BCUT2D eigenvalue weighted by atomic mass is 10.1. The molecule has 9 heteroatoms. The third-order valence-corrected chi connectivity index (χ3v) is 5.04. The fourth-order valence-electron chi connectivity index (χ4n) is 3.03. The van der Waals surface area contributed by atoms with Crippen molar-refractivity contribution >= 4 is 23.5 Å². The largest absolute Gasteiger partial charge is 0.497 e. The minimum Gasteiger partial charge on any atom is -0.497 e. The van der Waals surface area contributed by atoms with Crippen LogP contribution in [0.5, 0.6) is 5.75 Å². The van der Waals surface area contributed by atoms with Gasteiger partial charge in [0, 0.05) is 30.0 Å². The molecule has 0 aliphatic heterocycles. The zero-order valence-corrected chi connectivity index (χ0v) is 18.7. The molecule has 0 aliphatic carbocycles. The van der Waals surface area contributed by atoms with E-state index in [-0.39, 0.29) is 25.4 Å². The van der Waals surface area contributed by atoms with Crippen molar-refractivity contribution in [2.24, 2.45) is 0 Å². The molecule has 2 aromatic carbocycles. The first-order valence-corrected chi connectivity index (χ1v) is 10.4. The number of carbonyl (C=O) groups is 2. The zero-order chi connectivity index (χ0) is 22.9. The molecule has 3 aromatic rings. The number of hydrogen-bond donors (Lipinski definition) is 0. The molecule has 0 aliphatic rings. The average Bonchev–Trinajstić information content (AvgIpc) is 3.28. The lowest BCUT2D eigenvalue weighted by molar-refractivity contribution is -0.147.